The molecule has 0 aromatic carbocycles. The fourth-order valence-electron chi connectivity index (χ4n) is 11.4. The van der Waals surface area contributed by atoms with Gasteiger partial charge in [-0.15, -0.1) is 0 Å². The molecule has 6 atom stereocenters. The van der Waals surface area contributed by atoms with Crippen LogP contribution in [0.3, 0.4) is 0 Å². The van der Waals surface area contributed by atoms with Crippen LogP contribution >= 0.6 is 0 Å². The largest absolute Gasteiger partial charge is 0.300 e. The Labute approximate surface area is 276 Å². The highest BCUT2D eigenvalue weighted by atomic mass is 16.1. The van der Waals surface area contributed by atoms with E-state index in [0.717, 1.165) is 84.9 Å². The quantitative estimate of drug-likeness (QED) is 0.141. The van der Waals surface area contributed by atoms with Gasteiger partial charge in [0.2, 0.25) is 0 Å². The molecule has 44 heavy (non-hydrogen) atoms. The number of Topliss-reactive ketones (excluding diaryl/α,β-unsaturated/α-hetero) is 1. The molecular formula is C43H78O. The first-order chi connectivity index (χ1) is 21.5. The second kappa shape index (κ2) is 20.1. The topological polar surface area (TPSA) is 17.1 Å². The van der Waals surface area contributed by atoms with Gasteiger partial charge in [-0.25, -0.2) is 0 Å². The van der Waals surface area contributed by atoms with Gasteiger partial charge in [-0.05, 0) is 123 Å². The van der Waals surface area contributed by atoms with Crippen molar-refractivity contribution in [2.45, 2.75) is 207 Å². The van der Waals surface area contributed by atoms with E-state index in [-0.39, 0.29) is 0 Å². The van der Waals surface area contributed by atoms with Crippen molar-refractivity contribution < 1.29 is 4.79 Å². The van der Waals surface area contributed by atoms with Crippen molar-refractivity contribution in [3.05, 3.63) is 0 Å². The number of carbonyl (C=O) groups is 1. The fraction of sp³-hybridized carbons (Fsp3) is 0.977. The first-order valence-corrected chi connectivity index (χ1v) is 21.0. The van der Waals surface area contributed by atoms with Gasteiger partial charge >= 0.3 is 0 Å². The Hall–Kier alpha value is -0.330. The summed E-state index contributed by atoms with van der Waals surface area (Å²) in [6, 6.07) is 0. The van der Waals surface area contributed by atoms with E-state index >= 15 is 0 Å². The summed E-state index contributed by atoms with van der Waals surface area (Å²) in [7, 11) is 0. The van der Waals surface area contributed by atoms with Crippen molar-refractivity contribution in [2.24, 2.45) is 59.2 Å². The minimum Gasteiger partial charge on any atom is -0.300 e. The summed E-state index contributed by atoms with van der Waals surface area (Å²) >= 11 is 0. The standard InChI is InChI=1S/C43H78O/c1-5-7-13-37-23-29-42(33(3)31-37)39-25-19-35(20-26-39)15-9-11-17-41(44)18-12-10-16-36-21-27-40(28-22-36)43-30-24-38(14-8-6-2)32-34(43)4/h33-40,42-43H,5-32H2,1-4H3. The summed E-state index contributed by atoms with van der Waals surface area (Å²) in [5.41, 5.74) is 0. The molecule has 1 nitrogen and oxygen atoms in total. The van der Waals surface area contributed by atoms with Crippen LogP contribution in [0.5, 0.6) is 0 Å². The zero-order valence-corrected chi connectivity index (χ0v) is 30.5. The lowest BCUT2D eigenvalue weighted by Gasteiger charge is -2.42. The van der Waals surface area contributed by atoms with E-state index in [0.29, 0.717) is 5.78 Å². The lowest BCUT2D eigenvalue weighted by atomic mass is 9.64. The summed E-state index contributed by atoms with van der Waals surface area (Å²) in [5.74, 6) is 10.6. The molecular weight excluding hydrogens is 532 g/mol. The highest BCUT2D eigenvalue weighted by Gasteiger charge is 2.36. The fourth-order valence-corrected chi connectivity index (χ4v) is 11.4. The van der Waals surface area contributed by atoms with Crippen LogP contribution < -0.4 is 0 Å². The van der Waals surface area contributed by atoms with Crippen molar-refractivity contribution in [1.82, 2.24) is 0 Å². The third-order valence-electron chi connectivity index (χ3n) is 14.3. The molecule has 0 amide bonds. The molecule has 0 bridgehead atoms. The Kier molecular flexibility index (Phi) is 16.7. The number of rotatable bonds is 18. The molecule has 0 N–H and O–H groups in total. The van der Waals surface area contributed by atoms with E-state index in [2.05, 4.69) is 27.7 Å². The molecule has 4 aliphatic rings. The monoisotopic (exact) mass is 611 g/mol. The predicted molar refractivity (Wildman–Crippen MR) is 192 cm³/mol. The average molecular weight is 611 g/mol. The van der Waals surface area contributed by atoms with E-state index in [1.165, 1.54) is 154 Å². The molecule has 6 unspecified atom stereocenters. The van der Waals surface area contributed by atoms with Gasteiger partial charge in [0.05, 0.1) is 0 Å². The number of ketones is 1. The third kappa shape index (κ3) is 12.0. The van der Waals surface area contributed by atoms with Crippen molar-refractivity contribution in [3.8, 4) is 0 Å². The number of unbranched alkanes of at least 4 members (excludes halogenated alkanes) is 4. The Morgan fingerprint density at radius 1 is 0.455 bits per heavy atom. The lowest BCUT2D eigenvalue weighted by Crippen LogP contribution is -2.31. The molecule has 256 valence electrons. The Balaban J connectivity index is 0.971. The van der Waals surface area contributed by atoms with E-state index in [4.69, 9.17) is 0 Å². The van der Waals surface area contributed by atoms with Crippen LogP contribution in [0.1, 0.15) is 207 Å². The molecule has 4 fully saturated rings. The van der Waals surface area contributed by atoms with E-state index < -0.39 is 0 Å². The summed E-state index contributed by atoms with van der Waals surface area (Å²) in [6.07, 6.45) is 39.0. The molecule has 0 heterocycles. The molecule has 0 spiro atoms. The Bertz CT molecular complexity index is 693. The van der Waals surface area contributed by atoms with E-state index in [9.17, 15) is 4.79 Å². The van der Waals surface area contributed by atoms with Crippen LogP contribution in [0.2, 0.25) is 0 Å². The predicted octanol–water partition coefficient (Wildman–Crippen LogP) is 13.8. The van der Waals surface area contributed by atoms with Gasteiger partial charge in [-0.1, -0.05) is 130 Å². The van der Waals surface area contributed by atoms with Crippen molar-refractivity contribution in [2.75, 3.05) is 0 Å². The maximum atomic E-state index is 12.6. The van der Waals surface area contributed by atoms with Gasteiger partial charge in [-0.2, -0.15) is 0 Å². The molecule has 0 aliphatic heterocycles. The zero-order chi connectivity index (χ0) is 31.1. The van der Waals surface area contributed by atoms with Gasteiger partial charge < -0.3 is 0 Å². The zero-order valence-electron chi connectivity index (χ0n) is 30.5. The maximum Gasteiger partial charge on any atom is 0.132 e. The first-order valence-electron chi connectivity index (χ1n) is 21.0. The van der Waals surface area contributed by atoms with Crippen molar-refractivity contribution in [1.29, 1.82) is 0 Å². The molecule has 4 aliphatic carbocycles. The van der Waals surface area contributed by atoms with Gasteiger partial charge in [0.1, 0.15) is 5.78 Å². The average Bonchev–Trinajstić information content (AvgIpc) is 3.04. The number of hydrogen-bond donors (Lipinski definition) is 0. The van der Waals surface area contributed by atoms with E-state index in [1.807, 2.05) is 0 Å². The van der Waals surface area contributed by atoms with Gasteiger partial charge in [0.15, 0.2) is 0 Å². The Morgan fingerprint density at radius 2 is 0.818 bits per heavy atom. The molecule has 0 aromatic rings. The summed E-state index contributed by atoms with van der Waals surface area (Å²) < 4.78 is 0. The van der Waals surface area contributed by atoms with Crippen LogP contribution in [0, 0.1) is 59.2 Å². The van der Waals surface area contributed by atoms with Crippen LogP contribution in [0.15, 0.2) is 0 Å². The van der Waals surface area contributed by atoms with Crippen LogP contribution in [0.4, 0.5) is 0 Å². The minimum absolute atomic E-state index is 0.560. The molecule has 4 rings (SSSR count). The SMILES string of the molecule is CCCCC1CCC(C2CCC(CCCCC(=O)CCCCC3CCC(C4CCC(CCCC)CC4C)CC3)CC2)C(C)C1. The highest BCUT2D eigenvalue weighted by molar-refractivity contribution is 5.78. The van der Waals surface area contributed by atoms with Crippen LogP contribution in [0.25, 0.3) is 0 Å². The molecule has 1 heteroatoms. The minimum atomic E-state index is 0.560. The second-order valence-corrected chi connectivity index (χ2v) is 17.5. The van der Waals surface area contributed by atoms with E-state index in [1.54, 1.807) is 0 Å². The van der Waals surface area contributed by atoms with Crippen molar-refractivity contribution in [3.63, 3.8) is 0 Å². The highest BCUT2D eigenvalue weighted by Crippen LogP contribution is 2.47. The number of hydrogen-bond acceptors (Lipinski definition) is 1. The van der Waals surface area contributed by atoms with Gasteiger partial charge in [-0.3, -0.25) is 4.79 Å². The summed E-state index contributed by atoms with van der Waals surface area (Å²) in [5, 5.41) is 0. The molecule has 4 saturated carbocycles. The molecule has 0 aromatic heterocycles. The smallest absolute Gasteiger partial charge is 0.132 e. The lowest BCUT2D eigenvalue weighted by molar-refractivity contribution is -0.119. The van der Waals surface area contributed by atoms with Crippen LogP contribution in [-0.2, 0) is 4.79 Å². The van der Waals surface area contributed by atoms with Gasteiger partial charge in [0.25, 0.3) is 0 Å². The maximum absolute atomic E-state index is 12.6. The van der Waals surface area contributed by atoms with Crippen LogP contribution in [-0.4, -0.2) is 5.78 Å². The third-order valence-corrected chi connectivity index (χ3v) is 14.3. The molecule has 0 saturated heterocycles. The molecule has 0 radical (unpaired) electrons. The van der Waals surface area contributed by atoms with Crippen molar-refractivity contribution >= 4 is 5.78 Å². The summed E-state index contributed by atoms with van der Waals surface area (Å²) in [6.45, 7) is 9.85. The first kappa shape index (κ1) is 36.5. The van der Waals surface area contributed by atoms with Gasteiger partial charge in [0, 0.05) is 12.8 Å². The second-order valence-electron chi connectivity index (χ2n) is 17.5. The Morgan fingerprint density at radius 3 is 1.18 bits per heavy atom. The number of carbonyl (C=O) groups excluding carboxylic acids is 1. The normalized spacial score (nSPS) is 36.7. The summed E-state index contributed by atoms with van der Waals surface area (Å²) in [4.78, 5) is 12.6.